The fourth-order valence-electron chi connectivity index (χ4n) is 4.03. The highest BCUT2D eigenvalue weighted by atomic mass is 35.5. The molecule has 1 atom stereocenters. The van der Waals surface area contributed by atoms with Crippen LogP contribution in [0.15, 0.2) is 47.5 Å². The Kier molecular flexibility index (Phi) is 4.65. The third kappa shape index (κ3) is 3.23. The number of halogens is 3. The summed E-state index contributed by atoms with van der Waals surface area (Å²) in [4.78, 5) is 22.5. The van der Waals surface area contributed by atoms with E-state index in [0.29, 0.717) is 39.6 Å². The third-order valence-corrected chi connectivity index (χ3v) is 5.91. The highest BCUT2D eigenvalue weighted by molar-refractivity contribution is 6.33. The number of H-pyrrole nitrogens is 1. The smallest absolute Gasteiger partial charge is 0.333 e. The van der Waals surface area contributed by atoms with Crippen molar-refractivity contribution >= 4 is 23.0 Å². The van der Waals surface area contributed by atoms with E-state index in [2.05, 4.69) is 30.4 Å². The van der Waals surface area contributed by atoms with Crippen LogP contribution in [-0.2, 0) is 6.42 Å². The van der Waals surface area contributed by atoms with Crippen molar-refractivity contribution in [1.82, 2.24) is 44.5 Å². The number of aromatic amines is 1. The molecule has 1 amide bonds. The van der Waals surface area contributed by atoms with E-state index in [1.54, 1.807) is 40.1 Å². The molecule has 0 radical (unpaired) electrons. The molecule has 0 saturated carbocycles. The SMILES string of the molecule is O=C(c1nnc(-c2cnn(C(F)F)c2)o1)N1CCc2[nH]cnc2C1c1cc2c(Cl)cccn2n1. The summed E-state index contributed by atoms with van der Waals surface area (Å²) in [7, 11) is 0. The van der Waals surface area contributed by atoms with Gasteiger partial charge in [0.1, 0.15) is 6.04 Å². The molecule has 172 valence electrons. The standard InChI is InChI=1S/C20H14ClF2N9O2/c21-11-2-1-4-31-14(11)6-13(29-31)16-15-12(24-9-25-15)3-5-30(16)19(33)18-28-27-17(34-18)10-7-26-32(8-10)20(22)23/h1-2,4,6-9,16,20H,3,5H2,(H,24,25). The molecule has 0 aromatic carbocycles. The molecule has 34 heavy (non-hydrogen) atoms. The van der Waals surface area contributed by atoms with Gasteiger partial charge in [0.05, 0.1) is 40.0 Å². The maximum absolute atomic E-state index is 13.4. The number of imidazole rings is 1. The van der Waals surface area contributed by atoms with Gasteiger partial charge in [-0.05, 0) is 18.2 Å². The lowest BCUT2D eigenvalue weighted by Gasteiger charge is -2.32. The zero-order chi connectivity index (χ0) is 23.4. The topological polar surface area (TPSA) is 123 Å². The molecule has 6 rings (SSSR count). The summed E-state index contributed by atoms with van der Waals surface area (Å²) < 4.78 is 33.3. The molecule has 14 heteroatoms. The molecule has 1 aliphatic heterocycles. The van der Waals surface area contributed by atoms with Crippen LogP contribution in [0, 0.1) is 0 Å². The summed E-state index contributed by atoms with van der Waals surface area (Å²) in [6.07, 6.45) is 6.09. The first-order valence-corrected chi connectivity index (χ1v) is 10.5. The van der Waals surface area contributed by atoms with E-state index in [1.165, 1.54) is 0 Å². The summed E-state index contributed by atoms with van der Waals surface area (Å²) in [6.45, 7) is -2.48. The van der Waals surface area contributed by atoms with Crippen LogP contribution in [0.3, 0.4) is 0 Å². The van der Waals surface area contributed by atoms with Gasteiger partial charge in [-0.1, -0.05) is 11.6 Å². The number of nitrogens with zero attached hydrogens (tertiary/aromatic N) is 8. The number of pyridine rings is 1. The van der Waals surface area contributed by atoms with Crippen molar-refractivity contribution < 1.29 is 18.0 Å². The second kappa shape index (κ2) is 7.73. The maximum atomic E-state index is 13.4. The molecule has 0 saturated heterocycles. The van der Waals surface area contributed by atoms with Crippen molar-refractivity contribution in [2.45, 2.75) is 19.0 Å². The quantitative estimate of drug-likeness (QED) is 0.415. The minimum atomic E-state index is -2.81. The zero-order valence-electron chi connectivity index (χ0n) is 17.1. The van der Waals surface area contributed by atoms with Gasteiger partial charge in [0.25, 0.3) is 5.89 Å². The van der Waals surface area contributed by atoms with E-state index in [1.807, 2.05) is 0 Å². The van der Waals surface area contributed by atoms with E-state index >= 15 is 0 Å². The molecular formula is C20H14ClF2N9O2. The predicted molar refractivity (Wildman–Crippen MR) is 112 cm³/mol. The number of hydrogen-bond donors (Lipinski definition) is 1. The molecule has 11 nitrogen and oxygen atoms in total. The molecule has 1 unspecified atom stereocenters. The summed E-state index contributed by atoms with van der Waals surface area (Å²) in [5.74, 6) is -0.920. The Hall–Kier alpha value is -4.13. The van der Waals surface area contributed by atoms with Gasteiger partial charge >= 0.3 is 18.3 Å². The molecule has 5 aromatic heterocycles. The van der Waals surface area contributed by atoms with Crippen LogP contribution in [0.1, 0.15) is 40.4 Å². The number of amides is 1. The van der Waals surface area contributed by atoms with Gasteiger partial charge in [0, 0.05) is 31.1 Å². The molecule has 1 N–H and O–H groups in total. The Morgan fingerprint density at radius 2 is 2.21 bits per heavy atom. The van der Waals surface area contributed by atoms with Crippen molar-refractivity contribution in [2.24, 2.45) is 0 Å². The van der Waals surface area contributed by atoms with Crippen LogP contribution in [0.5, 0.6) is 0 Å². The number of alkyl halides is 2. The second-order valence-electron chi connectivity index (χ2n) is 7.57. The Labute approximate surface area is 194 Å². The van der Waals surface area contributed by atoms with Crippen molar-refractivity contribution in [1.29, 1.82) is 0 Å². The van der Waals surface area contributed by atoms with Crippen molar-refractivity contribution in [2.75, 3.05) is 6.54 Å². The molecule has 6 heterocycles. The monoisotopic (exact) mass is 485 g/mol. The zero-order valence-corrected chi connectivity index (χ0v) is 17.9. The molecule has 5 aromatic rings. The molecule has 1 aliphatic rings. The van der Waals surface area contributed by atoms with E-state index in [-0.39, 0.29) is 17.3 Å². The normalized spacial score (nSPS) is 15.9. The molecule has 0 spiro atoms. The number of rotatable bonds is 4. The number of aromatic nitrogens is 8. The highest BCUT2D eigenvalue weighted by Gasteiger charge is 2.38. The van der Waals surface area contributed by atoms with Crippen LogP contribution in [0.25, 0.3) is 17.0 Å². The predicted octanol–water partition coefficient (Wildman–Crippen LogP) is 3.14. The maximum Gasteiger partial charge on any atom is 0.333 e. The minimum Gasteiger partial charge on any atom is -0.412 e. The average molecular weight is 486 g/mol. The lowest BCUT2D eigenvalue weighted by atomic mass is 9.99. The Bertz CT molecular complexity index is 1520. The van der Waals surface area contributed by atoms with Crippen LogP contribution >= 0.6 is 11.6 Å². The third-order valence-electron chi connectivity index (χ3n) is 5.59. The molecule has 0 fully saturated rings. The molecule has 0 bridgehead atoms. The number of carbonyl (C=O) groups excluding carboxylic acids is 1. The average Bonchev–Trinajstić information content (AvgIpc) is 3.62. The summed E-state index contributed by atoms with van der Waals surface area (Å²) in [5.41, 5.74) is 2.96. The fraction of sp³-hybridized carbons (Fsp3) is 0.200. The number of hydrogen-bond acceptors (Lipinski definition) is 7. The first-order chi connectivity index (χ1) is 16.5. The van der Waals surface area contributed by atoms with Crippen LogP contribution in [0.2, 0.25) is 5.02 Å². The van der Waals surface area contributed by atoms with Gasteiger partial charge in [-0.2, -0.15) is 19.0 Å². The van der Waals surface area contributed by atoms with Crippen molar-refractivity contribution in [3.63, 3.8) is 0 Å². The van der Waals surface area contributed by atoms with Gasteiger partial charge in [-0.25, -0.2) is 14.2 Å². The summed E-state index contributed by atoms with van der Waals surface area (Å²) >= 11 is 6.32. The van der Waals surface area contributed by atoms with Gasteiger partial charge in [-0.3, -0.25) is 4.79 Å². The van der Waals surface area contributed by atoms with Crippen LogP contribution in [0.4, 0.5) is 8.78 Å². The van der Waals surface area contributed by atoms with Crippen molar-refractivity contribution in [3.05, 3.63) is 71.1 Å². The van der Waals surface area contributed by atoms with E-state index < -0.39 is 18.5 Å². The van der Waals surface area contributed by atoms with Gasteiger partial charge < -0.3 is 14.3 Å². The first kappa shape index (κ1) is 20.5. The largest absolute Gasteiger partial charge is 0.412 e. The number of carbonyl (C=O) groups is 1. The summed E-state index contributed by atoms with van der Waals surface area (Å²) in [6, 6.07) is 4.69. The van der Waals surface area contributed by atoms with Gasteiger partial charge in [0.2, 0.25) is 0 Å². The lowest BCUT2D eigenvalue weighted by molar-refractivity contribution is 0.0566. The number of fused-ring (bicyclic) bond motifs is 2. The van der Waals surface area contributed by atoms with Crippen LogP contribution in [-0.4, -0.2) is 56.9 Å². The lowest BCUT2D eigenvalue weighted by Crippen LogP contribution is -2.41. The Morgan fingerprint density at radius 3 is 3.00 bits per heavy atom. The van der Waals surface area contributed by atoms with Crippen LogP contribution < -0.4 is 0 Å². The van der Waals surface area contributed by atoms with E-state index in [0.717, 1.165) is 18.1 Å². The number of nitrogens with one attached hydrogen (secondary N) is 1. The van der Waals surface area contributed by atoms with E-state index in [4.69, 9.17) is 16.0 Å². The molecule has 0 aliphatic carbocycles. The van der Waals surface area contributed by atoms with Crippen molar-refractivity contribution in [3.8, 4) is 11.5 Å². The summed E-state index contributed by atoms with van der Waals surface area (Å²) in [5, 5.41) is 16.3. The fourth-order valence-corrected chi connectivity index (χ4v) is 4.25. The van der Waals surface area contributed by atoms with E-state index in [9.17, 15) is 13.6 Å². The minimum absolute atomic E-state index is 0.0937. The molecular weight excluding hydrogens is 472 g/mol. The first-order valence-electron chi connectivity index (χ1n) is 10.1. The Balaban J connectivity index is 1.37. The van der Waals surface area contributed by atoms with Gasteiger partial charge in [-0.15, -0.1) is 10.2 Å². The second-order valence-corrected chi connectivity index (χ2v) is 7.98. The Morgan fingerprint density at radius 1 is 1.32 bits per heavy atom. The highest BCUT2D eigenvalue weighted by Crippen LogP contribution is 2.35. The van der Waals surface area contributed by atoms with Gasteiger partial charge in [0.15, 0.2) is 0 Å².